The van der Waals surface area contributed by atoms with Gasteiger partial charge in [0.1, 0.15) is 0 Å². The molecule has 0 radical (unpaired) electrons. The Labute approximate surface area is 140 Å². The average molecular weight is 359 g/mol. The molecule has 1 aromatic carbocycles. The lowest BCUT2D eigenvalue weighted by Gasteiger charge is -2.25. The molecule has 1 heterocycles. The first-order valence-corrected chi connectivity index (χ1v) is 7.99. The molecule has 0 aliphatic carbocycles. The Morgan fingerprint density at radius 1 is 1.50 bits per heavy atom. The zero-order chi connectivity index (χ0) is 16.3. The van der Waals surface area contributed by atoms with E-state index in [9.17, 15) is 10.1 Å². The molecule has 0 spiro atoms. The smallest absolute Gasteiger partial charge is 0.239 e. The van der Waals surface area contributed by atoms with Crippen molar-refractivity contribution < 1.29 is 4.79 Å². The van der Waals surface area contributed by atoms with Gasteiger partial charge < -0.3 is 4.90 Å². The van der Waals surface area contributed by atoms with Crippen LogP contribution in [0.25, 0.3) is 0 Å². The van der Waals surface area contributed by atoms with E-state index in [0.29, 0.717) is 13.0 Å². The highest BCUT2D eigenvalue weighted by Gasteiger charge is 2.49. The fourth-order valence-corrected chi connectivity index (χ4v) is 3.23. The molecule has 1 amide bonds. The second-order valence-electron chi connectivity index (χ2n) is 5.77. The third-order valence-corrected chi connectivity index (χ3v) is 4.47. The number of rotatable bonds is 5. The maximum atomic E-state index is 13.1. The predicted molar refractivity (Wildman–Crippen MR) is 92.6 cm³/mol. The Morgan fingerprint density at radius 2 is 2.23 bits per heavy atom. The first-order chi connectivity index (χ1) is 10.5. The van der Waals surface area contributed by atoms with Crippen molar-refractivity contribution in [3.8, 4) is 6.07 Å². The number of halogens is 1. The van der Waals surface area contributed by atoms with Crippen LogP contribution in [0.3, 0.4) is 0 Å². The maximum Gasteiger partial charge on any atom is 0.239 e. The van der Waals surface area contributed by atoms with Gasteiger partial charge in [0.2, 0.25) is 5.91 Å². The molecule has 22 heavy (non-hydrogen) atoms. The minimum Gasteiger partial charge on any atom is -0.307 e. The number of fused-ring (bicyclic) bond motifs is 1. The summed E-state index contributed by atoms with van der Waals surface area (Å²) in [6.45, 7) is 8.20. The van der Waals surface area contributed by atoms with E-state index < -0.39 is 5.41 Å². The van der Waals surface area contributed by atoms with Gasteiger partial charge in [-0.25, -0.2) is 0 Å². The van der Waals surface area contributed by atoms with Crippen LogP contribution in [-0.2, 0) is 10.2 Å². The van der Waals surface area contributed by atoms with Crippen molar-refractivity contribution in [2.24, 2.45) is 0 Å². The van der Waals surface area contributed by atoms with E-state index in [1.54, 1.807) is 11.0 Å². The number of anilines is 1. The molecule has 0 fully saturated rings. The van der Waals surface area contributed by atoms with Crippen molar-refractivity contribution in [3.05, 3.63) is 52.5 Å². The van der Waals surface area contributed by atoms with Gasteiger partial charge in [-0.15, -0.1) is 6.58 Å². The van der Waals surface area contributed by atoms with Crippen molar-refractivity contribution >= 4 is 27.5 Å². The van der Waals surface area contributed by atoms with Gasteiger partial charge in [-0.05, 0) is 38.0 Å². The summed E-state index contributed by atoms with van der Waals surface area (Å²) in [6, 6.07) is 8.03. The molecular formula is C18H19BrN2O. The van der Waals surface area contributed by atoms with Gasteiger partial charge in [-0.3, -0.25) is 4.79 Å². The Balaban J connectivity index is 2.63. The van der Waals surface area contributed by atoms with Crippen LogP contribution in [0.1, 0.15) is 32.3 Å². The molecule has 1 aliphatic rings. The topological polar surface area (TPSA) is 44.1 Å². The number of nitrogens with zero attached hydrogens (tertiary/aromatic N) is 2. The fourth-order valence-electron chi connectivity index (χ4n) is 2.88. The van der Waals surface area contributed by atoms with Crippen LogP contribution in [0.4, 0.5) is 5.69 Å². The van der Waals surface area contributed by atoms with Gasteiger partial charge >= 0.3 is 0 Å². The number of hydrogen-bond acceptors (Lipinski definition) is 2. The van der Waals surface area contributed by atoms with E-state index in [1.165, 1.54) is 0 Å². The van der Waals surface area contributed by atoms with E-state index >= 15 is 0 Å². The summed E-state index contributed by atoms with van der Waals surface area (Å²) in [5.74, 6) is -0.0143. The zero-order valence-electron chi connectivity index (χ0n) is 12.9. The van der Waals surface area contributed by atoms with E-state index in [-0.39, 0.29) is 12.3 Å². The Bertz CT molecular complexity index is 683. The Morgan fingerprint density at radius 3 is 2.82 bits per heavy atom. The molecule has 1 aromatic rings. The van der Waals surface area contributed by atoms with Crippen molar-refractivity contribution in [1.82, 2.24) is 0 Å². The Hall–Kier alpha value is -1.86. The summed E-state index contributed by atoms with van der Waals surface area (Å²) in [5, 5.41) is 9.30. The molecule has 0 saturated carbocycles. The summed E-state index contributed by atoms with van der Waals surface area (Å²) in [7, 11) is 0. The second kappa shape index (κ2) is 6.50. The largest absolute Gasteiger partial charge is 0.307 e. The van der Waals surface area contributed by atoms with Crippen LogP contribution in [0.2, 0.25) is 0 Å². The SMILES string of the molecule is C=CCN1C(=O)[C@](CC#N)(CC=C(C)C)c2ccc(Br)cc21. The summed E-state index contributed by atoms with van der Waals surface area (Å²) < 4.78 is 0.920. The van der Waals surface area contributed by atoms with Gasteiger partial charge in [-0.1, -0.05) is 39.7 Å². The van der Waals surface area contributed by atoms with Crippen molar-refractivity contribution in [1.29, 1.82) is 5.26 Å². The van der Waals surface area contributed by atoms with Crippen LogP contribution in [0.15, 0.2) is 47.0 Å². The number of benzene rings is 1. The molecule has 0 saturated heterocycles. The standard InChI is InChI=1S/C18H19BrN2O/c1-4-11-21-16-12-14(19)5-6-15(16)18(9-10-20,17(21)22)8-7-13(2)3/h4-7,12H,1,8-9,11H2,2-3H3/t18-/m0/s1. The van der Waals surface area contributed by atoms with Crippen molar-refractivity contribution in [3.63, 3.8) is 0 Å². The lowest BCUT2D eigenvalue weighted by molar-refractivity contribution is -0.122. The van der Waals surface area contributed by atoms with Gasteiger partial charge in [0, 0.05) is 16.7 Å². The molecule has 0 aromatic heterocycles. The van der Waals surface area contributed by atoms with Gasteiger partial charge in [0.15, 0.2) is 0 Å². The molecule has 0 bridgehead atoms. The first-order valence-electron chi connectivity index (χ1n) is 7.19. The summed E-state index contributed by atoms with van der Waals surface area (Å²) >= 11 is 3.46. The van der Waals surface area contributed by atoms with Crippen molar-refractivity contribution in [2.75, 3.05) is 11.4 Å². The molecule has 4 heteroatoms. The number of carbonyl (C=O) groups excluding carboxylic acids is 1. The predicted octanol–water partition coefficient (Wildman–Crippen LogP) is 4.49. The van der Waals surface area contributed by atoms with E-state index in [4.69, 9.17) is 0 Å². The third kappa shape index (κ3) is 2.74. The third-order valence-electron chi connectivity index (χ3n) is 3.97. The van der Waals surface area contributed by atoms with Gasteiger partial charge in [0.25, 0.3) is 0 Å². The van der Waals surface area contributed by atoms with Crippen LogP contribution in [0.5, 0.6) is 0 Å². The lowest BCUT2D eigenvalue weighted by atomic mass is 9.76. The van der Waals surface area contributed by atoms with Crippen LogP contribution in [-0.4, -0.2) is 12.5 Å². The molecule has 3 nitrogen and oxygen atoms in total. The minimum atomic E-state index is -0.787. The number of carbonyl (C=O) groups is 1. The average Bonchev–Trinajstić information content (AvgIpc) is 2.68. The highest BCUT2D eigenvalue weighted by molar-refractivity contribution is 9.10. The number of amides is 1. The van der Waals surface area contributed by atoms with E-state index in [2.05, 4.69) is 28.6 Å². The number of hydrogen-bond donors (Lipinski definition) is 0. The van der Waals surface area contributed by atoms with Crippen LogP contribution < -0.4 is 4.90 Å². The van der Waals surface area contributed by atoms with Gasteiger partial charge in [0.05, 0.1) is 17.9 Å². The first kappa shape index (κ1) is 16.5. The summed E-state index contributed by atoms with van der Waals surface area (Å²) in [6.07, 6.45) is 4.48. The molecule has 1 atom stereocenters. The van der Waals surface area contributed by atoms with Crippen LogP contribution in [0, 0.1) is 11.3 Å². The van der Waals surface area contributed by atoms with E-state index in [1.807, 2.05) is 38.1 Å². The van der Waals surface area contributed by atoms with Crippen LogP contribution >= 0.6 is 15.9 Å². The summed E-state index contributed by atoms with van der Waals surface area (Å²) in [4.78, 5) is 14.8. The van der Waals surface area contributed by atoms with E-state index in [0.717, 1.165) is 21.3 Å². The second-order valence-corrected chi connectivity index (χ2v) is 6.68. The lowest BCUT2D eigenvalue weighted by Crippen LogP contribution is -2.40. The molecule has 0 unspecified atom stereocenters. The molecule has 1 aliphatic heterocycles. The molecule has 114 valence electrons. The molecular weight excluding hydrogens is 340 g/mol. The van der Waals surface area contributed by atoms with Crippen molar-refractivity contribution in [2.45, 2.75) is 32.1 Å². The maximum absolute atomic E-state index is 13.1. The Kier molecular flexibility index (Phi) is 4.87. The monoisotopic (exact) mass is 358 g/mol. The quantitative estimate of drug-likeness (QED) is 0.727. The fraction of sp³-hybridized carbons (Fsp3) is 0.333. The number of nitriles is 1. The normalized spacial score (nSPS) is 19.5. The summed E-state index contributed by atoms with van der Waals surface area (Å²) in [5.41, 5.74) is 2.16. The highest BCUT2D eigenvalue weighted by atomic mass is 79.9. The molecule has 2 rings (SSSR count). The number of allylic oxidation sites excluding steroid dienone is 2. The molecule has 0 N–H and O–H groups in total. The van der Waals surface area contributed by atoms with Gasteiger partial charge in [-0.2, -0.15) is 5.26 Å². The zero-order valence-corrected chi connectivity index (χ0v) is 14.5. The minimum absolute atomic E-state index is 0.0143. The highest BCUT2D eigenvalue weighted by Crippen LogP contribution is 2.47.